The Balaban J connectivity index is 1.67. The smallest absolute Gasteiger partial charge is 0.296 e. The summed E-state index contributed by atoms with van der Waals surface area (Å²) in [5, 5.41) is 3.24. The topological polar surface area (TPSA) is 90.2 Å². The van der Waals surface area contributed by atoms with Gasteiger partial charge in [0.05, 0.1) is 24.2 Å². The van der Waals surface area contributed by atoms with Crippen molar-refractivity contribution in [3.8, 4) is 5.95 Å². The van der Waals surface area contributed by atoms with Crippen molar-refractivity contribution in [3.05, 3.63) is 35.9 Å². The molecule has 0 bridgehead atoms. The summed E-state index contributed by atoms with van der Waals surface area (Å²) >= 11 is 0. The maximum absolute atomic E-state index is 13.8. The molecule has 0 aliphatic carbocycles. The molecule has 0 saturated carbocycles. The summed E-state index contributed by atoms with van der Waals surface area (Å²) in [6, 6.07) is 6.94. The van der Waals surface area contributed by atoms with Crippen LogP contribution in [-0.2, 0) is 9.47 Å². The lowest BCUT2D eigenvalue weighted by atomic mass is 10.3. The Hall–Kier alpha value is -2.76. The zero-order valence-electron chi connectivity index (χ0n) is 16.2. The van der Waals surface area contributed by atoms with E-state index < -0.39 is 18.4 Å². The van der Waals surface area contributed by atoms with Crippen LogP contribution in [0.2, 0.25) is 0 Å². The number of fused-ring (bicyclic) bond motifs is 1. The first kappa shape index (κ1) is 19.2. The summed E-state index contributed by atoms with van der Waals surface area (Å²) in [6.07, 6.45) is -2.35. The SMILES string of the molecule is FC(F)c1nc2ccccc2n1-c1nc(C2CNCCO2)nc(N2CCCOC2)n1. The Bertz CT molecular complexity index is 997. The second-order valence-corrected chi connectivity index (χ2v) is 7.11. The fourth-order valence-electron chi connectivity index (χ4n) is 3.64. The second-order valence-electron chi connectivity index (χ2n) is 7.11. The van der Waals surface area contributed by atoms with Crippen molar-refractivity contribution in [3.63, 3.8) is 0 Å². The molecule has 1 N–H and O–H groups in total. The van der Waals surface area contributed by atoms with E-state index in [0.717, 1.165) is 13.0 Å². The van der Waals surface area contributed by atoms with E-state index in [1.165, 1.54) is 4.57 Å². The first-order valence-corrected chi connectivity index (χ1v) is 9.87. The van der Waals surface area contributed by atoms with Gasteiger partial charge in [-0.25, -0.2) is 13.8 Å². The maximum Gasteiger partial charge on any atom is 0.296 e. The van der Waals surface area contributed by atoms with E-state index >= 15 is 0 Å². The van der Waals surface area contributed by atoms with Crippen LogP contribution in [0.1, 0.15) is 30.6 Å². The summed E-state index contributed by atoms with van der Waals surface area (Å²) in [5.41, 5.74) is 0.960. The molecule has 0 amide bonds. The second kappa shape index (κ2) is 8.17. The number of anilines is 1. The van der Waals surface area contributed by atoms with Crippen LogP contribution in [0.4, 0.5) is 14.7 Å². The number of hydrogen-bond donors (Lipinski definition) is 1. The predicted octanol–water partition coefficient (Wildman–Crippen LogP) is 1.99. The first-order valence-electron chi connectivity index (χ1n) is 9.87. The molecule has 2 aromatic heterocycles. The lowest BCUT2D eigenvalue weighted by molar-refractivity contribution is 0.0219. The normalized spacial score (nSPS) is 20.2. The maximum atomic E-state index is 13.8. The molecule has 2 aliphatic rings. The van der Waals surface area contributed by atoms with Crippen molar-refractivity contribution in [2.75, 3.05) is 44.5 Å². The number of nitrogens with zero attached hydrogens (tertiary/aromatic N) is 6. The fraction of sp³-hybridized carbons (Fsp3) is 0.474. The lowest BCUT2D eigenvalue weighted by Crippen LogP contribution is -2.37. The number of aromatic nitrogens is 5. The van der Waals surface area contributed by atoms with Gasteiger partial charge in [-0.2, -0.15) is 15.0 Å². The van der Waals surface area contributed by atoms with Crippen molar-refractivity contribution in [2.24, 2.45) is 0 Å². The summed E-state index contributed by atoms with van der Waals surface area (Å²) < 4.78 is 40.3. The zero-order valence-corrected chi connectivity index (χ0v) is 16.2. The summed E-state index contributed by atoms with van der Waals surface area (Å²) in [7, 11) is 0. The van der Waals surface area contributed by atoms with Crippen molar-refractivity contribution in [2.45, 2.75) is 19.0 Å². The van der Waals surface area contributed by atoms with E-state index in [2.05, 4.69) is 25.3 Å². The minimum Gasteiger partial charge on any atom is -0.368 e. The van der Waals surface area contributed by atoms with E-state index in [1.54, 1.807) is 24.3 Å². The van der Waals surface area contributed by atoms with Gasteiger partial charge >= 0.3 is 0 Å². The van der Waals surface area contributed by atoms with E-state index in [0.29, 0.717) is 55.8 Å². The van der Waals surface area contributed by atoms with Crippen LogP contribution >= 0.6 is 0 Å². The van der Waals surface area contributed by atoms with Crippen LogP contribution in [0.15, 0.2) is 24.3 Å². The summed E-state index contributed by atoms with van der Waals surface area (Å²) in [5.74, 6) is 0.461. The summed E-state index contributed by atoms with van der Waals surface area (Å²) in [6.45, 7) is 3.50. The third kappa shape index (κ3) is 3.59. The Morgan fingerprint density at radius 2 is 1.93 bits per heavy atom. The molecule has 0 spiro atoms. The monoisotopic (exact) mass is 417 g/mol. The predicted molar refractivity (Wildman–Crippen MR) is 104 cm³/mol. The van der Waals surface area contributed by atoms with Gasteiger partial charge < -0.3 is 19.7 Å². The van der Waals surface area contributed by atoms with Crippen LogP contribution in [-0.4, -0.2) is 64.1 Å². The van der Waals surface area contributed by atoms with E-state index in [-0.39, 0.29) is 5.95 Å². The highest BCUT2D eigenvalue weighted by Gasteiger charge is 2.27. The molecule has 5 rings (SSSR count). The van der Waals surface area contributed by atoms with Crippen molar-refractivity contribution >= 4 is 17.0 Å². The van der Waals surface area contributed by atoms with Gasteiger partial charge in [0.1, 0.15) is 12.8 Å². The van der Waals surface area contributed by atoms with Crippen LogP contribution in [0.3, 0.4) is 0 Å². The van der Waals surface area contributed by atoms with Gasteiger partial charge in [0.2, 0.25) is 11.9 Å². The number of ether oxygens (including phenoxy) is 2. The molecule has 0 radical (unpaired) electrons. The third-order valence-corrected chi connectivity index (χ3v) is 5.07. The zero-order chi connectivity index (χ0) is 20.5. The van der Waals surface area contributed by atoms with Gasteiger partial charge in [0.15, 0.2) is 11.6 Å². The number of hydrogen-bond acceptors (Lipinski definition) is 8. The average Bonchev–Trinajstić information content (AvgIpc) is 3.20. The number of imidazole rings is 1. The van der Waals surface area contributed by atoms with Crippen molar-refractivity contribution < 1.29 is 18.3 Å². The molecule has 11 heteroatoms. The lowest BCUT2D eigenvalue weighted by Gasteiger charge is -2.28. The number of benzene rings is 1. The highest BCUT2D eigenvalue weighted by molar-refractivity contribution is 5.77. The number of rotatable bonds is 4. The van der Waals surface area contributed by atoms with E-state index in [9.17, 15) is 8.78 Å². The highest BCUT2D eigenvalue weighted by atomic mass is 19.3. The van der Waals surface area contributed by atoms with Crippen molar-refractivity contribution in [1.82, 2.24) is 29.8 Å². The van der Waals surface area contributed by atoms with Crippen LogP contribution in [0.25, 0.3) is 17.0 Å². The van der Waals surface area contributed by atoms with Gasteiger partial charge in [-0.1, -0.05) is 12.1 Å². The largest absolute Gasteiger partial charge is 0.368 e. The minimum absolute atomic E-state index is 0.0961. The van der Waals surface area contributed by atoms with Gasteiger partial charge in [0.25, 0.3) is 6.43 Å². The number of alkyl halides is 2. The molecule has 9 nitrogen and oxygen atoms in total. The highest BCUT2D eigenvalue weighted by Crippen LogP contribution is 2.28. The van der Waals surface area contributed by atoms with Gasteiger partial charge in [-0.15, -0.1) is 0 Å². The minimum atomic E-state index is -2.79. The Kier molecular flexibility index (Phi) is 5.23. The molecule has 158 valence electrons. The van der Waals surface area contributed by atoms with Gasteiger partial charge in [-0.05, 0) is 18.6 Å². The molecule has 2 saturated heterocycles. The molecular weight excluding hydrogens is 396 g/mol. The molecule has 2 aliphatic heterocycles. The molecule has 2 fully saturated rings. The molecule has 30 heavy (non-hydrogen) atoms. The molecule has 1 atom stereocenters. The molecule has 3 aromatic rings. The van der Waals surface area contributed by atoms with E-state index in [1.807, 2.05) is 4.90 Å². The first-order chi connectivity index (χ1) is 14.7. The average molecular weight is 417 g/mol. The molecule has 1 aromatic carbocycles. The van der Waals surface area contributed by atoms with Crippen LogP contribution in [0.5, 0.6) is 0 Å². The Morgan fingerprint density at radius 1 is 1.07 bits per heavy atom. The number of morpholine rings is 1. The third-order valence-electron chi connectivity index (χ3n) is 5.07. The molecular formula is C19H21F2N7O2. The molecule has 1 unspecified atom stereocenters. The van der Waals surface area contributed by atoms with Gasteiger partial charge in [-0.3, -0.25) is 4.57 Å². The van der Waals surface area contributed by atoms with Crippen LogP contribution < -0.4 is 10.2 Å². The van der Waals surface area contributed by atoms with E-state index in [4.69, 9.17) is 9.47 Å². The number of halogens is 2. The fourth-order valence-corrected chi connectivity index (χ4v) is 3.64. The summed E-state index contributed by atoms with van der Waals surface area (Å²) in [4.78, 5) is 19.6. The Morgan fingerprint density at radius 3 is 2.70 bits per heavy atom. The van der Waals surface area contributed by atoms with Gasteiger partial charge in [0, 0.05) is 19.6 Å². The quantitative estimate of drug-likeness (QED) is 0.689. The standard InChI is InChI=1S/C19H21F2N7O2/c20-15(21)17-23-12-4-1-2-5-13(12)28(17)19-25-16(14-10-22-6-9-30-14)24-18(26-19)27-7-3-8-29-11-27/h1-2,4-5,14-15,22H,3,6-11H2. The molecule has 4 heterocycles. The van der Waals surface area contributed by atoms with Crippen molar-refractivity contribution in [1.29, 1.82) is 0 Å². The number of para-hydroxylation sites is 2. The van der Waals surface area contributed by atoms with Crippen LogP contribution in [0, 0.1) is 0 Å². The number of nitrogens with one attached hydrogen (secondary N) is 1. The Labute approximate surface area is 171 Å².